The molecule has 0 aliphatic rings. The molecule has 2 rings (SSSR count). The van der Waals surface area contributed by atoms with Crippen LogP contribution in [0.5, 0.6) is 0 Å². The highest BCUT2D eigenvalue weighted by molar-refractivity contribution is 7.99. The Balaban J connectivity index is 2.45. The summed E-state index contributed by atoms with van der Waals surface area (Å²) in [4.78, 5) is 0.781. The van der Waals surface area contributed by atoms with Crippen LogP contribution in [0.4, 0.5) is 5.69 Å². The summed E-state index contributed by atoms with van der Waals surface area (Å²) in [5, 5.41) is 8.31. The molecule has 1 aromatic heterocycles. The third-order valence-electron chi connectivity index (χ3n) is 2.30. The van der Waals surface area contributed by atoms with E-state index < -0.39 is 9.84 Å². The standard InChI is InChI=1S/C10H12N4O2S2/c1-14-6-12-13-10(14)17-7-4-3-5-8(9(7)11)18(2,15)16/h3-6H,11H2,1-2H3. The first-order valence-electron chi connectivity index (χ1n) is 5.00. The SMILES string of the molecule is Cn1cnnc1Sc1cccc(S(C)(=O)=O)c1N. The van der Waals surface area contributed by atoms with Crippen LogP contribution in [0.25, 0.3) is 0 Å². The third-order valence-corrected chi connectivity index (χ3v) is 4.58. The molecule has 0 spiro atoms. The topological polar surface area (TPSA) is 90.9 Å². The first-order valence-corrected chi connectivity index (χ1v) is 7.71. The molecule has 0 radical (unpaired) electrons. The van der Waals surface area contributed by atoms with Gasteiger partial charge in [-0.15, -0.1) is 10.2 Å². The van der Waals surface area contributed by atoms with Crippen LogP contribution in [0.3, 0.4) is 0 Å². The molecule has 0 saturated carbocycles. The van der Waals surface area contributed by atoms with Gasteiger partial charge >= 0.3 is 0 Å². The van der Waals surface area contributed by atoms with Gasteiger partial charge in [0.2, 0.25) is 0 Å². The Kier molecular flexibility index (Phi) is 3.31. The molecule has 0 amide bonds. The van der Waals surface area contributed by atoms with E-state index in [1.165, 1.54) is 17.8 Å². The third kappa shape index (κ3) is 2.49. The normalized spacial score (nSPS) is 11.7. The van der Waals surface area contributed by atoms with Gasteiger partial charge in [-0.05, 0) is 23.9 Å². The van der Waals surface area contributed by atoms with Gasteiger partial charge in [-0.3, -0.25) is 0 Å². The fourth-order valence-electron chi connectivity index (χ4n) is 1.40. The summed E-state index contributed by atoms with van der Waals surface area (Å²) < 4.78 is 24.8. The highest BCUT2D eigenvalue weighted by Crippen LogP contribution is 2.33. The zero-order chi connectivity index (χ0) is 13.3. The van der Waals surface area contributed by atoms with Gasteiger partial charge in [-0.25, -0.2) is 8.42 Å². The maximum atomic E-state index is 11.6. The number of nitrogens with zero attached hydrogens (tertiary/aromatic N) is 3. The lowest BCUT2D eigenvalue weighted by Gasteiger charge is -2.08. The number of anilines is 1. The molecule has 1 heterocycles. The quantitative estimate of drug-likeness (QED) is 0.844. The van der Waals surface area contributed by atoms with Crippen LogP contribution >= 0.6 is 11.8 Å². The molecule has 2 aromatic rings. The molecule has 0 atom stereocenters. The highest BCUT2D eigenvalue weighted by Gasteiger charge is 2.15. The average molecular weight is 284 g/mol. The lowest BCUT2D eigenvalue weighted by atomic mass is 10.3. The Morgan fingerprint density at radius 1 is 1.39 bits per heavy atom. The minimum Gasteiger partial charge on any atom is -0.397 e. The molecular formula is C10H12N4O2S2. The minimum atomic E-state index is -3.33. The largest absolute Gasteiger partial charge is 0.397 e. The number of rotatable bonds is 3. The van der Waals surface area contributed by atoms with E-state index in [1.54, 1.807) is 30.1 Å². The number of aromatic nitrogens is 3. The summed E-state index contributed by atoms with van der Waals surface area (Å²) >= 11 is 1.28. The van der Waals surface area contributed by atoms with Crippen LogP contribution in [0.2, 0.25) is 0 Å². The van der Waals surface area contributed by atoms with E-state index in [1.807, 2.05) is 0 Å². The summed E-state index contributed by atoms with van der Waals surface area (Å²) in [6.45, 7) is 0. The predicted octanol–water partition coefficient (Wildman–Crippen LogP) is 0.952. The van der Waals surface area contributed by atoms with Crippen LogP contribution in [0.1, 0.15) is 0 Å². The number of para-hydroxylation sites is 1. The highest BCUT2D eigenvalue weighted by atomic mass is 32.2. The molecule has 1 aromatic carbocycles. The Labute approximate surface area is 109 Å². The molecule has 0 fully saturated rings. The molecule has 18 heavy (non-hydrogen) atoms. The maximum Gasteiger partial charge on any atom is 0.195 e. The van der Waals surface area contributed by atoms with Crippen molar-refractivity contribution in [3.63, 3.8) is 0 Å². The summed E-state index contributed by atoms with van der Waals surface area (Å²) in [7, 11) is -1.52. The van der Waals surface area contributed by atoms with Gasteiger partial charge < -0.3 is 10.3 Å². The molecule has 0 aliphatic heterocycles. The number of nitrogens with two attached hydrogens (primary N) is 1. The van der Waals surface area contributed by atoms with E-state index in [2.05, 4.69) is 10.2 Å². The Hall–Kier alpha value is -1.54. The second-order valence-electron chi connectivity index (χ2n) is 3.77. The van der Waals surface area contributed by atoms with Crippen molar-refractivity contribution in [2.24, 2.45) is 7.05 Å². The Morgan fingerprint density at radius 2 is 2.11 bits per heavy atom. The van der Waals surface area contributed by atoms with Crippen molar-refractivity contribution in [1.82, 2.24) is 14.8 Å². The van der Waals surface area contributed by atoms with E-state index >= 15 is 0 Å². The fourth-order valence-corrected chi connectivity index (χ4v) is 3.14. The Morgan fingerprint density at radius 3 is 2.67 bits per heavy atom. The average Bonchev–Trinajstić information content (AvgIpc) is 2.66. The number of nitrogen functional groups attached to an aromatic ring is 1. The number of hydrogen-bond acceptors (Lipinski definition) is 6. The molecule has 0 aliphatic carbocycles. The molecule has 2 N–H and O–H groups in total. The molecule has 8 heteroatoms. The predicted molar refractivity (Wildman–Crippen MR) is 69.1 cm³/mol. The van der Waals surface area contributed by atoms with Crippen LogP contribution in [0.15, 0.2) is 39.5 Å². The molecule has 6 nitrogen and oxygen atoms in total. The van der Waals surface area contributed by atoms with Gasteiger partial charge in [0.15, 0.2) is 15.0 Å². The van der Waals surface area contributed by atoms with Crippen molar-refractivity contribution in [2.45, 2.75) is 14.9 Å². The van der Waals surface area contributed by atoms with Crippen molar-refractivity contribution in [3.05, 3.63) is 24.5 Å². The molecule has 0 saturated heterocycles. The van der Waals surface area contributed by atoms with Gasteiger partial charge in [0, 0.05) is 18.2 Å². The molecule has 0 unspecified atom stereocenters. The summed E-state index contributed by atoms with van der Waals surface area (Å²) in [6.07, 6.45) is 2.70. The van der Waals surface area contributed by atoms with E-state index in [0.717, 1.165) is 6.26 Å². The molecule has 0 bridgehead atoms. The monoisotopic (exact) mass is 284 g/mol. The van der Waals surface area contributed by atoms with E-state index in [0.29, 0.717) is 10.1 Å². The van der Waals surface area contributed by atoms with Crippen LogP contribution in [0, 0.1) is 0 Å². The second kappa shape index (κ2) is 4.62. The van der Waals surface area contributed by atoms with Crippen molar-refractivity contribution in [1.29, 1.82) is 0 Å². The van der Waals surface area contributed by atoms with Crippen molar-refractivity contribution in [2.75, 3.05) is 12.0 Å². The van der Waals surface area contributed by atoms with Gasteiger partial charge in [-0.1, -0.05) is 6.07 Å². The molecular weight excluding hydrogens is 272 g/mol. The van der Waals surface area contributed by atoms with E-state index in [-0.39, 0.29) is 10.6 Å². The van der Waals surface area contributed by atoms with Gasteiger partial charge in [0.1, 0.15) is 6.33 Å². The summed E-state index contributed by atoms with van der Waals surface area (Å²) in [5.41, 5.74) is 6.12. The first-order chi connectivity index (χ1) is 8.39. The number of hydrogen-bond donors (Lipinski definition) is 1. The van der Waals surface area contributed by atoms with Gasteiger partial charge in [-0.2, -0.15) is 0 Å². The zero-order valence-electron chi connectivity index (χ0n) is 9.86. The summed E-state index contributed by atoms with van der Waals surface area (Å²) in [6, 6.07) is 4.90. The maximum absolute atomic E-state index is 11.6. The second-order valence-corrected chi connectivity index (χ2v) is 6.76. The lowest BCUT2D eigenvalue weighted by Crippen LogP contribution is -2.03. The summed E-state index contributed by atoms with van der Waals surface area (Å²) in [5.74, 6) is 0. The number of sulfone groups is 1. The fraction of sp³-hybridized carbons (Fsp3) is 0.200. The van der Waals surface area contributed by atoms with Crippen LogP contribution in [-0.2, 0) is 16.9 Å². The van der Waals surface area contributed by atoms with E-state index in [4.69, 9.17) is 5.73 Å². The van der Waals surface area contributed by atoms with Gasteiger partial charge in [0.25, 0.3) is 0 Å². The number of benzene rings is 1. The zero-order valence-corrected chi connectivity index (χ0v) is 11.5. The van der Waals surface area contributed by atoms with Crippen molar-refractivity contribution < 1.29 is 8.42 Å². The van der Waals surface area contributed by atoms with Crippen molar-refractivity contribution >= 4 is 27.3 Å². The van der Waals surface area contributed by atoms with E-state index in [9.17, 15) is 8.42 Å². The van der Waals surface area contributed by atoms with Crippen LogP contribution in [-0.4, -0.2) is 29.4 Å². The Bertz CT molecular complexity index is 679. The molecule has 96 valence electrons. The first kappa shape index (κ1) is 12.9. The lowest BCUT2D eigenvalue weighted by molar-refractivity contribution is 0.602. The smallest absolute Gasteiger partial charge is 0.195 e. The van der Waals surface area contributed by atoms with Crippen molar-refractivity contribution in [3.8, 4) is 0 Å². The number of aryl methyl sites for hydroxylation is 1. The van der Waals surface area contributed by atoms with Crippen LogP contribution < -0.4 is 5.73 Å². The van der Waals surface area contributed by atoms with Gasteiger partial charge in [0.05, 0.1) is 10.6 Å². The minimum absolute atomic E-state index is 0.134.